The average Bonchev–Trinajstić information content (AvgIpc) is 2.37. The Morgan fingerprint density at radius 1 is 1.22 bits per heavy atom. The molecule has 1 aliphatic carbocycles. The van der Waals surface area contributed by atoms with Gasteiger partial charge in [0.1, 0.15) is 11.6 Å². The Kier molecular flexibility index (Phi) is 5.00. The number of benzene rings is 1. The number of ether oxygens (including phenoxy) is 1. The van der Waals surface area contributed by atoms with Gasteiger partial charge >= 0.3 is 0 Å². The van der Waals surface area contributed by atoms with Gasteiger partial charge in [0.05, 0.1) is 6.61 Å². The van der Waals surface area contributed by atoms with Crippen LogP contribution in [-0.2, 0) is 6.54 Å². The fourth-order valence-corrected chi connectivity index (χ4v) is 2.58. The summed E-state index contributed by atoms with van der Waals surface area (Å²) >= 11 is 0. The molecule has 0 spiro atoms. The van der Waals surface area contributed by atoms with E-state index in [4.69, 9.17) is 4.74 Å². The third-order valence-electron chi connectivity index (χ3n) is 3.52. The summed E-state index contributed by atoms with van der Waals surface area (Å²) in [5.41, 5.74) is 0.927. The number of rotatable bonds is 5. The standard InChI is InChI=1S/C15H22FNO/c1-17-10-13-7-14(16)9-15(8-13)18-11-12-5-3-2-4-6-12/h7-9,12,17H,2-6,10-11H2,1H3. The predicted molar refractivity (Wildman–Crippen MR) is 71.2 cm³/mol. The van der Waals surface area contributed by atoms with Gasteiger partial charge in [0, 0.05) is 12.6 Å². The minimum Gasteiger partial charge on any atom is -0.493 e. The van der Waals surface area contributed by atoms with Gasteiger partial charge in [-0.05, 0) is 43.5 Å². The molecular formula is C15H22FNO. The Labute approximate surface area is 109 Å². The Hall–Kier alpha value is -1.09. The fourth-order valence-electron chi connectivity index (χ4n) is 2.58. The van der Waals surface area contributed by atoms with Crippen LogP contribution < -0.4 is 10.1 Å². The molecule has 0 aromatic heterocycles. The van der Waals surface area contributed by atoms with E-state index in [1.165, 1.54) is 38.2 Å². The SMILES string of the molecule is CNCc1cc(F)cc(OCC2CCCCC2)c1. The minimum atomic E-state index is -0.221. The Morgan fingerprint density at radius 3 is 2.72 bits per heavy atom. The van der Waals surface area contributed by atoms with Crippen LogP contribution in [0.1, 0.15) is 37.7 Å². The van der Waals surface area contributed by atoms with Crippen LogP contribution in [0.15, 0.2) is 18.2 Å². The van der Waals surface area contributed by atoms with Crippen LogP contribution in [0.2, 0.25) is 0 Å². The summed E-state index contributed by atoms with van der Waals surface area (Å²) in [5.74, 6) is 1.09. The van der Waals surface area contributed by atoms with E-state index < -0.39 is 0 Å². The first-order chi connectivity index (χ1) is 8.78. The zero-order valence-corrected chi connectivity index (χ0v) is 11.0. The quantitative estimate of drug-likeness (QED) is 0.864. The zero-order chi connectivity index (χ0) is 12.8. The van der Waals surface area contributed by atoms with E-state index in [0.717, 1.165) is 12.2 Å². The van der Waals surface area contributed by atoms with Crippen molar-refractivity contribution in [1.82, 2.24) is 5.32 Å². The van der Waals surface area contributed by atoms with Crippen molar-refractivity contribution in [1.29, 1.82) is 0 Å². The number of nitrogens with one attached hydrogen (secondary N) is 1. The molecule has 0 unspecified atom stereocenters. The molecular weight excluding hydrogens is 229 g/mol. The highest BCUT2D eigenvalue weighted by atomic mass is 19.1. The lowest BCUT2D eigenvalue weighted by atomic mass is 9.90. The second-order valence-corrected chi connectivity index (χ2v) is 5.14. The third kappa shape index (κ3) is 3.98. The molecule has 1 aliphatic rings. The molecule has 18 heavy (non-hydrogen) atoms. The van der Waals surface area contributed by atoms with Crippen molar-refractivity contribution in [3.8, 4) is 5.75 Å². The molecule has 0 aliphatic heterocycles. The molecule has 2 rings (SSSR count). The molecule has 0 amide bonds. The van der Waals surface area contributed by atoms with Gasteiger partial charge in [0.2, 0.25) is 0 Å². The molecule has 3 heteroatoms. The molecule has 2 nitrogen and oxygen atoms in total. The van der Waals surface area contributed by atoms with Crippen molar-refractivity contribution in [2.24, 2.45) is 5.92 Å². The Morgan fingerprint density at radius 2 is 2.00 bits per heavy atom. The van der Waals surface area contributed by atoms with Gasteiger partial charge in [-0.1, -0.05) is 19.3 Å². The van der Waals surface area contributed by atoms with Gasteiger partial charge in [0.15, 0.2) is 0 Å². The van der Waals surface area contributed by atoms with E-state index in [1.54, 1.807) is 6.07 Å². The summed E-state index contributed by atoms with van der Waals surface area (Å²) in [6, 6.07) is 4.94. The van der Waals surface area contributed by atoms with Gasteiger partial charge in [0.25, 0.3) is 0 Å². The number of hydrogen-bond donors (Lipinski definition) is 1. The van der Waals surface area contributed by atoms with Crippen LogP contribution in [0.3, 0.4) is 0 Å². The third-order valence-corrected chi connectivity index (χ3v) is 3.52. The first kappa shape index (κ1) is 13.3. The van der Waals surface area contributed by atoms with Crippen LogP contribution in [0.25, 0.3) is 0 Å². The summed E-state index contributed by atoms with van der Waals surface area (Å²) in [4.78, 5) is 0. The largest absolute Gasteiger partial charge is 0.493 e. The summed E-state index contributed by atoms with van der Waals surface area (Å²) < 4.78 is 19.2. The van der Waals surface area contributed by atoms with Gasteiger partial charge < -0.3 is 10.1 Å². The highest BCUT2D eigenvalue weighted by Gasteiger charge is 2.14. The smallest absolute Gasteiger partial charge is 0.127 e. The molecule has 0 saturated heterocycles. The Balaban J connectivity index is 1.91. The second kappa shape index (κ2) is 6.74. The molecule has 1 N–H and O–H groups in total. The number of hydrogen-bond acceptors (Lipinski definition) is 2. The van der Waals surface area contributed by atoms with Crippen molar-refractivity contribution < 1.29 is 9.13 Å². The summed E-state index contributed by atoms with van der Waals surface area (Å²) in [6.45, 7) is 1.39. The van der Waals surface area contributed by atoms with Crippen molar-refractivity contribution in [3.05, 3.63) is 29.6 Å². The van der Waals surface area contributed by atoms with Crippen LogP contribution in [-0.4, -0.2) is 13.7 Å². The summed E-state index contributed by atoms with van der Waals surface area (Å²) in [5, 5.41) is 3.02. The molecule has 0 atom stereocenters. The maximum atomic E-state index is 13.4. The van der Waals surface area contributed by atoms with Crippen molar-refractivity contribution in [2.45, 2.75) is 38.6 Å². The predicted octanol–water partition coefficient (Wildman–Crippen LogP) is 3.50. The van der Waals surface area contributed by atoms with E-state index in [9.17, 15) is 4.39 Å². The van der Waals surface area contributed by atoms with E-state index in [0.29, 0.717) is 18.2 Å². The lowest BCUT2D eigenvalue weighted by Gasteiger charge is -2.21. The maximum absolute atomic E-state index is 13.4. The monoisotopic (exact) mass is 251 g/mol. The van der Waals surface area contributed by atoms with Crippen LogP contribution in [0.4, 0.5) is 4.39 Å². The van der Waals surface area contributed by atoms with E-state index in [-0.39, 0.29) is 5.82 Å². The van der Waals surface area contributed by atoms with E-state index >= 15 is 0 Å². The molecule has 1 saturated carbocycles. The fraction of sp³-hybridized carbons (Fsp3) is 0.600. The normalized spacial score (nSPS) is 16.8. The molecule has 0 radical (unpaired) electrons. The summed E-state index contributed by atoms with van der Waals surface area (Å²) in [7, 11) is 1.85. The molecule has 0 heterocycles. The second-order valence-electron chi connectivity index (χ2n) is 5.14. The van der Waals surface area contributed by atoms with Gasteiger partial charge in [-0.3, -0.25) is 0 Å². The van der Waals surface area contributed by atoms with Crippen LogP contribution >= 0.6 is 0 Å². The molecule has 1 fully saturated rings. The maximum Gasteiger partial charge on any atom is 0.127 e. The first-order valence-corrected chi connectivity index (χ1v) is 6.85. The van der Waals surface area contributed by atoms with Gasteiger partial charge in [-0.15, -0.1) is 0 Å². The zero-order valence-electron chi connectivity index (χ0n) is 11.0. The van der Waals surface area contributed by atoms with Crippen LogP contribution in [0.5, 0.6) is 5.75 Å². The van der Waals surface area contributed by atoms with Crippen LogP contribution in [0, 0.1) is 11.7 Å². The molecule has 1 aromatic carbocycles. The highest BCUT2D eigenvalue weighted by Crippen LogP contribution is 2.25. The van der Waals surface area contributed by atoms with Crippen molar-refractivity contribution in [2.75, 3.05) is 13.7 Å². The Bertz CT molecular complexity index is 375. The average molecular weight is 251 g/mol. The lowest BCUT2D eigenvalue weighted by molar-refractivity contribution is 0.208. The number of halogens is 1. The van der Waals surface area contributed by atoms with E-state index in [1.807, 2.05) is 13.1 Å². The highest BCUT2D eigenvalue weighted by molar-refractivity contribution is 5.29. The van der Waals surface area contributed by atoms with Crippen molar-refractivity contribution in [3.63, 3.8) is 0 Å². The lowest BCUT2D eigenvalue weighted by Crippen LogP contribution is -2.15. The van der Waals surface area contributed by atoms with Gasteiger partial charge in [-0.2, -0.15) is 0 Å². The molecule has 0 bridgehead atoms. The van der Waals surface area contributed by atoms with Gasteiger partial charge in [-0.25, -0.2) is 4.39 Å². The van der Waals surface area contributed by atoms with Crippen molar-refractivity contribution >= 4 is 0 Å². The minimum absolute atomic E-state index is 0.221. The first-order valence-electron chi connectivity index (χ1n) is 6.85. The molecule has 1 aromatic rings. The summed E-state index contributed by atoms with van der Waals surface area (Å²) in [6.07, 6.45) is 6.46. The topological polar surface area (TPSA) is 21.3 Å². The van der Waals surface area contributed by atoms with E-state index in [2.05, 4.69) is 5.32 Å². The molecule has 100 valence electrons.